The second-order valence-electron chi connectivity index (χ2n) is 4.05. The van der Waals surface area contributed by atoms with Gasteiger partial charge >= 0.3 is 0 Å². The summed E-state index contributed by atoms with van der Waals surface area (Å²) in [6, 6.07) is 9.75. The predicted molar refractivity (Wildman–Crippen MR) is 65.4 cm³/mol. The summed E-state index contributed by atoms with van der Waals surface area (Å²) in [4.78, 5) is 3.99. The normalized spacial score (nSPS) is 13.0. The molecule has 1 aromatic carbocycles. The van der Waals surface area contributed by atoms with E-state index < -0.39 is 0 Å². The molecule has 0 saturated heterocycles. The summed E-state index contributed by atoms with van der Waals surface area (Å²) in [5, 5.41) is 1.09. The Hall–Kier alpha value is -2.07. The van der Waals surface area contributed by atoms with Crippen LogP contribution in [0.5, 0.6) is 0 Å². The van der Waals surface area contributed by atoms with Gasteiger partial charge in [-0.1, -0.05) is 18.2 Å². The van der Waals surface area contributed by atoms with Crippen LogP contribution in [-0.4, -0.2) is 9.55 Å². The molecule has 4 nitrogen and oxygen atoms in total. The van der Waals surface area contributed by atoms with Crippen molar-refractivity contribution in [2.75, 3.05) is 0 Å². The van der Waals surface area contributed by atoms with Gasteiger partial charge < -0.3 is 14.7 Å². The summed E-state index contributed by atoms with van der Waals surface area (Å²) in [7, 11) is 0. The Balaban J connectivity index is 1.88. The summed E-state index contributed by atoms with van der Waals surface area (Å²) in [6.45, 7) is 0.666. The van der Waals surface area contributed by atoms with Crippen LogP contribution in [0.2, 0.25) is 0 Å². The van der Waals surface area contributed by atoms with Gasteiger partial charge in [0.05, 0.1) is 12.4 Å². The molecule has 1 atom stereocenters. The van der Waals surface area contributed by atoms with Gasteiger partial charge in [-0.15, -0.1) is 0 Å². The Bertz CT molecular complexity index is 579. The summed E-state index contributed by atoms with van der Waals surface area (Å²) in [6.07, 6.45) is 5.39. The van der Waals surface area contributed by atoms with Gasteiger partial charge in [0.2, 0.25) is 0 Å². The van der Waals surface area contributed by atoms with Crippen molar-refractivity contribution >= 4 is 11.0 Å². The third kappa shape index (κ3) is 1.94. The molecule has 1 unspecified atom stereocenters. The first-order valence-corrected chi connectivity index (χ1v) is 5.53. The Labute approximate surface area is 98.7 Å². The van der Waals surface area contributed by atoms with Gasteiger partial charge in [0.25, 0.3) is 0 Å². The number of hydrogen-bond donors (Lipinski definition) is 1. The number of furan rings is 1. The molecule has 0 bridgehead atoms. The average molecular weight is 227 g/mol. The van der Waals surface area contributed by atoms with Crippen molar-refractivity contribution in [1.82, 2.24) is 9.55 Å². The minimum atomic E-state index is -0.156. The second kappa shape index (κ2) is 4.07. The zero-order valence-electron chi connectivity index (χ0n) is 9.28. The van der Waals surface area contributed by atoms with E-state index in [1.54, 1.807) is 12.5 Å². The minimum absolute atomic E-state index is 0.156. The van der Waals surface area contributed by atoms with Crippen molar-refractivity contribution in [3.63, 3.8) is 0 Å². The Morgan fingerprint density at radius 2 is 2.24 bits per heavy atom. The molecule has 17 heavy (non-hydrogen) atoms. The molecule has 2 N–H and O–H groups in total. The highest BCUT2D eigenvalue weighted by Crippen LogP contribution is 2.23. The zero-order valence-corrected chi connectivity index (χ0v) is 9.28. The maximum Gasteiger partial charge on any atom is 0.134 e. The first-order valence-electron chi connectivity index (χ1n) is 5.53. The van der Waals surface area contributed by atoms with E-state index in [2.05, 4.69) is 4.98 Å². The van der Waals surface area contributed by atoms with Crippen LogP contribution in [0.15, 0.2) is 53.5 Å². The maximum absolute atomic E-state index is 6.11. The number of benzene rings is 1. The Kier molecular flexibility index (Phi) is 2.42. The second-order valence-corrected chi connectivity index (χ2v) is 4.05. The quantitative estimate of drug-likeness (QED) is 0.747. The molecule has 0 spiro atoms. The van der Waals surface area contributed by atoms with Crippen LogP contribution in [0.4, 0.5) is 0 Å². The average Bonchev–Trinajstić information content (AvgIpc) is 2.96. The van der Waals surface area contributed by atoms with Gasteiger partial charge in [-0.3, -0.25) is 0 Å². The molecule has 2 aromatic heterocycles. The molecular weight excluding hydrogens is 214 g/mol. The van der Waals surface area contributed by atoms with Gasteiger partial charge in [0, 0.05) is 24.3 Å². The van der Waals surface area contributed by atoms with Gasteiger partial charge in [-0.25, -0.2) is 4.98 Å². The molecule has 0 amide bonds. The van der Waals surface area contributed by atoms with Crippen LogP contribution in [0.1, 0.15) is 11.8 Å². The third-order valence-electron chi connectivity index (χ3n) is 2.78. The number of rotatable bonds is 3. The Morgan fingerprint density at radius 1 is 1.35 bits per heavy atom. The van der Waals surface area contributed by atoms with Gasteiger partial charge in [0.1, 0.15) is 11.3 Å². The van der Waals surface area contributed by atoms with Crippen molar-refractivity contribution in [3.05, 3.63) is 54.8 Å². The lowest BCUT2D eigenvalue weighted by atomic mass is 10.2. The smallest absolute Gasteiger partial charge is 0.134 e. The standard InChI is InChI=1S/C13H13N3O/c14-11(8-16-6-5-15-9-16)13-7-10-3-1-2-4-12(10)17-13/h1-7,9,11H,8,14H2. The lowest BCUT2D eigenvalue weighted by molar-refractivity contribution is 0.456. The summed E-state index contributed by atoms with van der Waals surface area (Å²) in [5.41, 5.74) is 6.99. The highest BCUT2D eigenvalue weighted by molar-refractivity contribution is 5.77. The number of fused-ring (bicyclic) bond motifs is 1. The molecule has 4 heteroatoms. The number of para-hydroxylation sites is 1. The van der Waals surface area contributed by atoms with Gasteiger partial charge in [-0.05, 0) is 12.1 Å². The van der Waals surface area contributed by atoms with E-state index in [1.165, 1.54) is 0 Å². The van der Waals surface area contributed by atoms with Gasteiger partial charge in [-0.2, -0.15) is 0 Å². The van der Waals surface area contributed by atoms with Crippen molar-refractivity contribution in [2.24, 2.45) is 5.73 Å². The van der Waals surface area contributed by atoms with E-state index in [0.29, 0.717) is 6.54 Å². The third-order valence-corrected chi connectivity index (χ3v) is 2.78. The summed E-state index contributed by atoms with van der Waals surface area (Å²) in [5.74, 6) is 0.805. The molecular formula is C13H13N3O. The molecule has 0 radical (unpaired) electrons. The Morgan fingerprint density at radius 3 is 3.00 bits per heavy atom. The van der Waals surface area contributed by atoms with E-state index in [-0.39, 0.29) is 6.04 Å². The fourth-order valence-corrected chi connectivity index (χ4v) is 1.90. The lowest BCUT2D eigenvalue weighted by Crippen LogP contribution is -2.15. The van der Waals surface area contributed by atoms with Crippen LogP contribution in [-0.2, 0) is 6.54 Å². The maximum atomic E-state index is 6.11. The molecule has 0 saturated carbocycles. The number of aromatic nitrogens is 2. The van der Waals surface area contributed by atoms with E-state index in [4.69, 9.17) is 10.2 Å². The molecule has 0 aliphatic heterocycles. The van der Waals surface area contributed by atoms with Crippen molar-refractivity contribution in [1.29, 1.82) is 0 Å². The largest absolute Gasteiger partial charge is 0.459 e. The van der Waals surface area contributed by atoms with E-state index in [0.717, 1.165) is 16.7 Å². The molecule has 86 valence electrons. The van der Waals surface area contributed by atoms with Crippen LogP contribution in [0.3, 0.4) is 0 Å². The van der Waals surface area contributed by atoms with Crippen LogP contribution < -0.4 is 5.73 Å². The molecule has 3 rings (SSSR count). The monoisotopic (exact) mass is 227 g/mol. The molecule has 0 aliphatic carbocycles. The molecule has 3 aromatic rings. The van der Waals surface area contributed by atoms with Crippen LogP contribution in [0, 0.1) is 0 Å². The lowest BCUT2D eigenvalue weighted by Gasteiger charge is -2.08. The topological polar surface area (TPSA) is 57.0 Å². The highest BCUT2D eigenvalue weighted by atomic mass is 16.3. The van der Waals surface area contributed by atoms with E-state index in [1.807, 2.05) is 41.1 Å². The van der Waals surface area contributed by atoms with Gasteiger partial charge in [0.15, 0.2) is 0 Å². The molecule has 0 aliphatic rings. The SMILES string of the molecule is NC(Cn1ccnc1)c1cc2ccccc2o1. The summed E-state index contributed by atoms with van der Waals surface area (Å²) >= 11 is 0. The van der Waals surface area contributed by atoms with E-state index in [9.17, 15) is 0 Å². The van der Waals surface area contributed by atoms with Crippen molar-refractivity contribution in [3.8, 4) is 0 Å². The summed E-state index contributed by atoms with van der Waals surface area (Å²) < 4.78 is 7.66. The molecule has 0 fully saturated rings. The number of hydrogen-bond acceptors (Lipinski definition) is 3. The van der Waals surface area contributed by atoms with E-state index >= 15 is 0 Å². The first kappa shape index (κ1) is 10.1. The number of nitrogens with zero attached hydrogens (tertiary/aromatic N) is 2. The van der Waals surface area contributed by atoms with Crippen LogP contribution in [0.25, 0.3) is 11.0 Å². The van der Waals surface area contributed by atoms with Crippen LogP contribution >= 0.6 is 0 Å². The minimum Gasteiger partial charge on any atom is -0.459 e. The number of imidazole rings is 1. The fraction of sp³-hybridized carbons (Fsp3) is 0.154. The van der Waals surface area contributed by atoms with Crippen molar-refractivity contribution in [2.45, 2.75) is 12.6 Å². The predicted octanol–water partition coefficient (Wildman–Crippen LogP) is 2.33. The number of nitrogens with two attached hydrogens (primary N) is 1. The highest BCUT2D eigenvalue weighted by Gasteiger charge is 2.12. The molecule has 2 heterocycles. The van der Waals surface area contributed by atoms with Crippen molar-refractivity contribution < 1.29 is 4.42 Å². The first-order chi connectivity index (χ1) is 8.33. The zero-order chi connectivity index (χ0) is 11.7. The fourth-order valence-electron chi connectivity index (χ4n) is 1.90.